The molecule has 0 aliphatic heterocycles. The number of rotatable bonds is 7. The summed E-state index contributed by atoms with van der Waals surface area (Å²) >= 11 is 6.37. The van der Waals surface area contributed by atoms with E-state index in [0.29, 0.717) is 22.2 Å². The van der Waals surface area contributed by atoms with Crippen molar-refractivity contribution in [3.63, 3.8) is 0 Å². The first-order valence-corrected chi connectivity index (χ1v) is 9.39. The lowest BCUT2D eigenvalue weighted by molar-refractivity contribution is -0.118. The molecule has 0 heterocycles. The van der Waals surface area contributed by atoms with E-state index >= 15 is 0 Å². The molecule has 1 amide bonds. The van der Waals surface area contributed by atoms with Gasteiger partial charge in [0.05, 0.1) is 17.8 Å². The normalized spacial score (nSPS) is 10.7. The molecular weight excluding hydrogens is 388 g/mol. The van der Waals surface area contributed by atoms with Crippen molar-refractivity contribution in [2.24, 2.45) is 4.99 Å². The van der Waals surface area contributed by atoms with Crippen molar-refractivity contribution in [1.29, 1.82) is 0 Å². The van der Waals surface area contributed by atoms with Crippen LogP contribution in [-0.2, 0) is 4.79 Å². The van der Waals surface area contributed by atoms with Crippen molar-refractivity contribution < 1.29 is 14.3 Å². The Labute approximate surface area is 175 Å². The first kappa shape index (κ1) is 20.4. The van der Waals surface area contributed by atoms with Gasteiger partial charge in [0.25, 0.3) is 5.91 Å². The van der Waals surface area contributed by atoms with Gasteiger partial charge >= 0.3 is 0 Å². The van der Waals surface area contributed by atoms with Gasteiger partial charge in [-0.15, -0.1) is 0 Å². The first-order chi connectivity index (χ1) is 14.1. The quantitative estimate of drug-likeness (QED) is 0.530. The Morgan fingerprint density at radius 2 is 1.83 bits per heavy atom. The van der Waals surface area contributed by atoms with E-state index in [1.54, 1.807) is 30.5 Å². The fourth-order valence-electron chi connectivity index (χ4n) is 2.66. The minimum atomic E-state index is -0.292. The smallest absolute Gasteiger partial charge is 0.262 e. The van der Waals surface area contributed by atoms with Gasteiger partial charge in [-0.1, -0.05) is 48.0 Å². The second-order valence-electron chi connectivity index (χ2n) is 6.28. The van der Waals surface area contributed by atoms with E-state index in [2.05, 4.69) is 10.3 Å². The molecule has 29 heavy (non-hydrogen) atoms. The number of benzene rings is 3. The highest BCUT2D eigenvalue weighted by Gasteiger charge is 2.13. The van der Waals surface area contributed by atoms with Crippen LogP contribution in [0.1, 0.15) is 11.1 Å². The maximum atomic E-state index is 12.1. The van der Waals surface area contributed by atoms with Crippen molar-refractivity contribution in [3.05, 3.63) is 82.9 Å². The molecule has 5 nitrogen and oxygen atoms in total. The molecule has 0 saturated carbocycles. The molecule has 0 aromatic heterocycles. The number of carbonyl (C=O) groups is 1. The van der Waals surface area contributed by atoms with Crippen molar-refractivity contribution in [2.75, 3.05) is 19.0 Å². The molecular formula is C23H21ClN2O3. The first-order valence-electron chi connectivity index (χ1n) is 9.02. The summed E-state index contributed by atoms with van der Waals surface area (Å²) in [5, 5.41) is 3.09. The summed E-state index contributed by atoms with van der Waals surface area (Å²) in [6.45, 7) is 1.80. The Kier molecular flexibility index (Phi) is 6.87. The van der Waals surface area contributed by atoms with Crippen LogP contribution in [0.15, 0.2) is 71.7 Å². The Balaban J connectivity index is 1.71. The van der Waals surface area contributed by atoms with Gasteiger partial charge in [0.15, 0.2) is 18.1 Å². The molecule has 0 atom stereocenters. The van der Waals surface area contributed by atoms with Crippen LogP contribution in [0, 0.1) is 6.92 Å². The monoisotopic (exact) mass is 408 g/mol. The third-order valence-corrected chi connectivity index (χ3v) is 4.41. The van der Waals surface area contributed by atoms with E-state index in [9.17, 15) is 4.79 Å². The highest BCUT2D eigenvalue weighted by atomic mass is 35.5. The third kappa shape index (κ3) is 5.59. The molecule has 0 aliphatic rings. The molecule has 0 radical (unpaired) electrons. The van der Waals surface area contributed by atoms with Crippen LogP contribution in [0.5, 0.6) is 11.5 Å². The van der Waals surface area contributed by atoms with Gasteiger partial charge in [-0.2, -0.15) is 0 Å². The maximum absolute atomic E-state index is 12.1. The number of aryl methyl sites for hydroxylation is 1. The zero-order chi connectivity index (χ0) is 20.6. The Bertz CT molecular complexity index is 1020. The molecule has 3 aromatic rings. The third-order valence-electron chi connectivity index (χ3n) is 4.13. The van der Waals surface area contributed by atoms with E-state index in [0.717, 1.165) is 16.8 Å². The van der Waals surface area contributed by atoms with Crippen LogP contribution >= 0.6 is 11.6 Å². The Morgan fingerprint density at radius 3 is 2.55 bits per heavy atom. The predicted octanol–water partition coefficient (Wildman–Crippen LogP) is 5.43. The standard InChI is InChI=1S/C23H21ClN2O3/c1-16-8-6-7-11-20(16)25-14-17-12-19(24)23(21(13-17)28-2)29-15-22(27)26-18-9-4-3-5-10-18/h3-14H,15H2,1-2H3,(H,26,27). The van der Waals surface area contributed by atoms with Gasteiger partial charge < -0.3 is 14.8 Å². The SMILES string of the molecule is COc1cc(C=Nc2ccccc2C)cc(Cl)c1OCC(=O)Nc1ccccc1. The molecule has 6 heteroatoms. The summed E-state index contributed by atoms with van der Waals surface area (Å²) in [6.07, 6.45) is 1.71. The lowest BCUT2D eigenvalue weighted by atomic mass is 10.2. The number of nitrogens with zero attached hydrogens (tertiary/aromatic N) is 1. The minimum Gasteiger partial charge on any atom is -0.493 e. The van der Waals surface area contributed by atoms with Crippen LogP contribution < -0.4 is 14.8 Å². The van der Waals surface area contributed by atoms with E-state index in [1.807, 2.05) is 49.4 Å². The van der Waals surface area contributed by atoms with Gasteiger partial charge in [0.2, 0.25) is 0 Å². The number of ether oxygens (including phenoxy) is 2. The lowest BCUT2D eigenvalue weighted by Gasteiger charge is -2.13. The van der Waals surface area contributed by atoms with Crippen LogP contribution in [0.4, 0.5) is 11.4 Å². The largest absolute Gasteiger partial charge is 0.493 e. The van der Waals surface area contributed by atoms with Gasteiger partial charge in [-0.05, 0) is 48.4 Å². The van der Waals surface area contributed by atoms with Gasteiger partial charge in [-0.3, -0.25) is 9.79 Å². The maximum Gasteiger partial charge on any atom is 0.262 e. The number of halogens is 1. The van der Waals surface area contributed by atoms with Crippen molar-refractivity contribution in [1.82, 2.24) is 0 Å². The number of nitrogens with one attached hydrogen (secondary N) is 1. The molecule has 0 bridgehead atoms. The van der Waals surface area contributed by atoms with Crippen LogP contribution in [0.3, 0.4) is 0 Å². The Hall–Kier alpha value is -3.31. The number of hydrogen-bond acceptors (Lipinski definition) is 4. The second kappa shape index (κ2) is 9.75. The summed E-state index contributed by atoms with van der Waals surface area (Å²) < 4.78 is 11.0. The van der Waals surface area contributed by atoms with E-state index < -0.39 is 0 Å². The number of aliphatic imine (C=N–C) groups is 1. The zero-order valence-electron chi connectivity index (χ0n) is 16.2. The van der Waals surface area contributed by atoms with Gasteiger partial charge in [-0.25, -0.2) is 0 Å². The summed E-state index contributed by atoms with van der Waals surface area (Å²) in [5.41, 5.74) is 3.41. The van der Waals surface area contributed by atoms with Gasteiger partial charge in [0, 0.05) is 11.9 Å². The minimum absolute atomic E-state index is 0.193. The zero-order valence-corrected chi connectivity index (χ0v) is 16.9. The molecule has 0 unspecified atom stereocenters. The number of carbonyl (C=O) groups excluding carboxylic acids is 1. The number of methoxy groups -OCH3 is 1. The van der Waals surface area contributed by atoms with Crippen molar-refractivity contribution >= 4 is 35.1 Å². The molecule has 0 aliphatic carbocycles. The average Bonchev–Trinajstić information content (AvgIpc) is 2.72. The number of amides is 1. The summed E-state index contributed by atoms with van der Waals surface area (Å²) in [6, 6.07) is 20.5. The summed E-state index contributed by atoms with van der Waals surface area (Å²) in [5.74, 6) is 0.446. The predicted molar refractivity (Wildman–Crippen MR) is 117 cm³/mol. The fourth-order valence-corrected chi connectivity index (χ4v) is 2.94. The molecule has 3 aromatic carbocycles. The molecule has 1 N–H and O–H groups in total. The average molecular weight is 409 g/mol. The summed E-state index contributed by atoms with van der Waals surface area (Å²) in [4.78, 5) is 16.6. The van der Waals surface area contributed by atoms with Crippen LogP contribution in [-0.4, -0.2) is 25.8 Å². The lowest BCUT2D eigenvalue weighted by Crippen LogP contribution is -2.20. The molecule has 0 spiro atoms. The summed E-state index contributed by atoms with van der Waals surface area (Å²) in [7, 11) is 1.52. The topological polar surface area (TPSA) is 59.9 Å². The van der Waals surface area contributed by atoms with E-state index in [-0.39, 0.29) is 12.5 Å². The molecule has 0 fully saturated rings. The van der Waals surface area contributed by atoms with E-state index in [1.165, 1.54) is 7.11 Å². The van der Waals surface area contributed by atoms with Crippen molar-refractivity contribution in [2.45, 2.75) is 6.92 Å². The Morgan fingerprint density at radius 1 is 1.10 bits per heavy atom. The fraction of sp³-hybridized carbons (Fsp3) is 0.130. The number of hydrogen-bond donors (Lipinski definition) is 1. The molecule has 0 saturated heterocycles. The van der Waals surface area contributed by atoms with Crippen molar-refractivity contribution in [3.8, 4) is 11.5 Å². The van der Waals surface area contributed by atoms with Crippen LogP contribution in [0.2, 0.25) is 5.02 Å². The van der Waals surface area contributed by atoms with Gasteiger partial charge in [0.1, 0.15) is 0 Å². The molecule has 148 valence electrons. The number of para-hydroxylation sites is 2. The van der Waals surface area contributed by atoms with Crippen LogP contribution in [0.25, 0.3) is 0 Å². The highest BCUT2D eigenvalue weighted by molar-refractivity contribution is 6.32. The van der Waals surface area contributed by atoms with E-state index in [4.69, 9.17) is 21.1 Å². The second-order valence-corrected chi connectivity index (χ2v) is 6.69. The molecule has 3 rings (SSSR count). The highest BCUT2D eigenvalue weighted by Crippen LogP contribution is 2.36. The number of anilines is 1.